The van der Waals surface area contributed by atoms with Crippen LogP contribution in [0.1, 0.15) is 0 Å². The van der Waals surface area contributed by atoms with Gasteiger partial charge in [-0.25, -0.2) is 8.42 Å². The molecule has 0 bridgehead atoms. The summed E-state index contributed by atoms with van der Waals surface area (Å²) in [6, 6.07) is 15.8. The zero-order valence-corrected chi connectivity index (χ0v) is 15.2. The summed E-state index contributed by atoms with van der Waals surface area (Å²) in [6.07, 6.45) is 0. The van der Waals surface area contributed by atoms with Crippen LogP contribution in [0.5, 0.6) is 5.75 Å². The lowest BCUT2D eigenvalue weighted by molar-refractivity contribution is 0.403. The second-order valence-electron chi connectivity index (χ2n) is 5.19. The van der Waals surface area contributed by atoms with Crippen LogP contribution in [0.4, 0.5) is 11.4 Å². The highest BCUT2D eigenvalue weighted by molar-refractivity contribution is 9.10. The van der Waals surface area contributed by atoms with Crippen molar-refractivity contribution in [2.75, 3.05) is 17.6 Å². The van der Waals surface area contributed by atoms with Gasteiger partial charge in [0.05, 0.1) is 18.5 Å². The first-order valence-electron chi connectivity index (χ1n) is 7.05. The van der Waals surface area contributed by atoms with Crippen LogP contribution in [-0.4, -0.2) is 15.5 Å². The molecule has 0 atom stereocenters. The van der Waals surface area contributed by atoms with Crippen LogP contribution >= 0.6 is 15.9 Å². The SMILES string of the molecule is COc1ccc(Br)cc1S(=O)(=O)Nc1cc2ccccc2cc1N. The lowest BCUT2D eigenvalue weighted by atomic mass is 10.1. The maximum atomic E-state index is 12.8. The standard InChI is InChI=1S/C17H15BrN2O3S/c1-23-16-7-6-13(18)10-17(16)24(21,22)20-15-9-12-5-3-2-4-11(12)8-14(15)19/h2-10,20H,19H2,1H3. The van der Waals surface area contributed by atoms with Gasteiger partial charge >= 0.3 is 0 Å². The van der Waals surface area contributed by atoms with E-state index < -0.39 is 10.0 Å². The van der Waals surface area contributed by atoms with Gasteiger partial charge in [0.15, 0.2) is 0 Å². The summed E-state index contributed by atoms with van der Waals surface area (Å²) < 4.78 is 33.8. The lowest BCUT2D eigenvalue weighted by Gasteiger charge is -2.14. The predicted octanol–water partition coefficient (Wildman–Crippen LogP) is 3.99. The molecule has 3 aromatic carbocycles. The number of nitrogens with two attached hydrogens (primary N) is 1. The molecule has 3 aromatic rings. The van der Waals surface area contributed by atoms with Gasteiger partial charge in [-0.15, -0.1) is 0 Å². The number of hydrogen-bond donors (Lipinski definition) is 2. The number of rotatable bonds is 4. The second-order valence-corrected chi connectivity index (χ2v) is 7.75. The van der Waals surface area contributed by atoms with Gasteiger partial charge in [0.2, 0.25) is 0 Å². The quantitative estimate of drug-likeness (QED) is 0.641. The molecule has 3 N–H and O–H groups in total. The molecule has 0 unspecified atom stereocenters. The van der Waals surface area contributed by atoms with Gasteiger partial charge in [-0.2, -0.15) is 0 Å². The van der Waals surface area contributed by atoms with Crippen molar-refractivity contribution in [1.29, 1.82) is 0 Å². The number of nitrogens with one attached hydrogen (secondary N) is 1. The Hall–Kier alpha value is -2.25. The average Bonchev–Trinajstić information content (AvgIpc) is 2.55. The molecule has 7 heteroatoms. The molecule has 0 aliphatic rings. The number of benzene rings is 3. The van der Waals surface area contributed by atoms with Gasteiger partial charge in [0, 0.05) is 4.47 Å². The molecular formula is C17H15BrN2O3S. The Balaban J connectivity index is 2.07. The Morgan fingerprint density at radius 1 is 1.04 bits per heavy atom. The Morgan fingerprint density at radius 3 is 2.38 bits per heavy atom. The third-order valence-electron chi connectivity index (χ3n) is 3.58. The zero-order chi connectivity index (χ0) is 17.3. The Kier molecular flexibility index (Phi) is 4.38. The highest BCUT2D eigenvalue weighted by Crippen LogP contribution is 2.32. The smallest absolute Gasteiger partial charge is 0.265 e. The third kappa shape index (κ3) is 3.18. The van der Waals surface area contributed by atoms with Gasteiger partial charge in [-0.3, -0.25) is 4.72 Å². The van der Waals surface area contributed by atoms with E-state index in [0.29, 0.717) is 15.8 Å². The molecule has 0 heterocycles. The minimum Gasteiger partial charge on any atom is -0.495 e. The molecule has 0 fully saturated rings. The van der Waals surface area contributed by atoms with E-state index in [0.717, 1.165) is 10.8 Å². The number of anilines is 2. The number of sulfonamides is 1. The molecule has 0 aliphatic heterocycles. The third-order valence-corrected chi connectivity index (χ3v) is 5.46. The predicted molar refractivity (Wildman–Crippen MR) is 99.9 cm³/mol. The van der Waals surface area contributed by atoms with Crippen molar-refractivity contribution >= 4 is 48.1 Å². The Morgan fingerprint density at radius 2 is 1.71 bits per heavy atom. The van der Waals surface area contributed by atoms with Crippen molar-refractivity contribution in [3.05, 3.63) is 59.1 Å². The maximum Gasteiger partial charge on any atom is 0.265 e. The molecule has 0 saturated heterocycles. The summed E-state index contributed by atoms with van der Waals surface area (Å²) in [5.41, 5.74) is 6.69. The molecule has 24 heavy (non-hydrogen) atoms. The second kappa shape index (κ2) is 6.33. The Labute approximate surface area is 148 Å². The lowest BCUT2D eigenvalue weighted by Crippen LogP contribution is -2.15. The first kappa shape index (κ1) is 16.6. The van der Waals surface area contributed by atoms with E-state index in [1.54, 1.807) is 24.3 Å². The number of halogens is 1. The molecule has 0 spiro atoms. The van der Waals surface area contributed by atoms with Gasteiger partial charge < -0.3 is 10.5 Å². The van der Waals surface area contributed by atoms with E-state index in [2.05, 4.69) is 20.7 Å². The molecule has 0 amide bonds. The molecule has 5 nitrogen and oxygen atoms in total. The Bertz CT molecular complexity index is 1020. The number of hydrogen-bond acceptors (Lipinski definition) is 4. The fraction of sp³-hybridized carbons (Fsp3) is 0.0588. The highest BCUT2D eigenvalue weighted by atomic mass is 79.9. The van der Waals surface area contributed by atoms with Gasteiger partial charge in [-0.05, 0) is 41.1 Å². The van der Waals surface area contributed by atoms with Crippen molar-refractivity contribution in [3.63, 3.8) is 0 Å². The van der Waals surface area contributed by atoms with Gasteiger partial charge in [0.25, 0.3) is 10.0 Å². The van der Waals surface area contributed by atoms with Crippen LogP contribution in [0, 0.1) is 0 Å². The van der Waals surface area contributed by atoms with Crippen molar-refractivity contribution in [1.82, 2.24) is 0 Å². The van der Waals surface area contributed by atoms with Crippen molar-refractivity contribution in [2.24, 2.45) is 0 Å². The van der Waals surface area contributed by atoms with Crippen molar-refractivity contribution < 1.29 is 13.2 Å². The van der Waals surface area contributed by atoms with E-state index in [1.165, 1.54) is 13.2 Å². The fourth-order valence-corrected chi connectivity index (χ4v) is 4.19. The van der Waals surface area contributed by atoms with Gasteiger partial charge in [0.1, 0.15) is 10.6 Å². The normalized spacial score (nSPS) is 11.4. The van der Waals surface area contributed by atoms with Crippen LogP contribution in [0.15, 0.2) is 64.0 Å². The summed E-state index contributed by atoms with van der Waals surface area (Å²) in [5.74, 6) is 0.255. The van der Waals surface area contributed by atoms with Crippen LogP contribution in [-0.2, 0) is 10.0 Å². The summed E-state index contributed by atoms with van der Waals surface area (Å²) >= 11 is 3.28. The molecule has 0 radical (unpaired) electrons. The van der Waals surface area contributed by atoms with E-state index in [-0.39, 0.29) is 10.6 Å². The first-order chi connectivity index (χ1) is 11.4. The minimum atomic E-state index is -3.85. The minimum absolute atomic E-state index is 0.0342. The van der Waals surface area contributed by atoms with Crippen molar-refractivity contribution in [3.8, 4) is 5.75 Å². The molecule has 0 aromatic heterocycles. The largest absolute Gasteiger partial charge is 0.495 e. The summed E-state index contributed by atoms with van der Waals surface area (Å²) in [6.45, 7) is 0. The first-order valence-corrected chi connectivity index (χ1v) is 9.33. The number of fused-ring (bicyclic) bond motifs is 1. The van der Waals surface area contributed by atoms with Crippen LogP contribution in [0.25, 0.3) is 10.8 Å². The van der Waals surface area contributed by atoms with E-state index in [9.17, 15) is 8.42 Å². The van der Waals surface area contributed by atoms with E-state index in [4.69, 9.17) is 10.5 Å². The van der Waals surface area contributed by atoms with Crippen LogP contribution < -0.4 is 15.2 Å². The topological polar surface area (TPSA) is 81.4 Å². The molecule has 0 saturated carbocycles. The number of methoxy groups -OCH3 is 1. The number of ether oxygens (including phenoxy) is 1. The van der Waals surface area contributed by atoms with Crippen LogP contribution in [0.2, 0.25) is 0 Å². The summed E-state index contributed by atoms with van der Waals surface area (Å²) in [7, 11) is -2.43. The van der Waals surface area contributed by atoms with Crippen LogP contribution in [0.3, 0.4) is 0 Å². The monoisotopic (exact) mass is 406 g/mol. The zero-order valence-electron chi connectivity index (χ0n) is 12.8. The molecule has 0 aliphatic carbocycles. The molecular weight excluding hydrogens is 392 g/mol. The molecule has 124 valence electrons. The van der Waals surface area contributed by atoms with E-state index in [1.807, 2.05) is 24.3 Å². The highest BCUT2D eigenvalue weighted by Gasteiger charge is 2.21. The van der Waals surface area contributed by atoms with Gasteiger partial charge in [-0.1, -0.05) is 40.2 Å². The summed E-state index contributed by atoms with van der Waals surface area (Å²) in [5, 5.41) is 1.84. The van der Waals surface area contributed by atoms with E-state index >= 15 is 0 Å². The summed E-state index contributed by atoms with van der Waals surface area (Å²) in [4.78, 5) is 0.0342. The molecule has 3 rings (SSSR count). The maximum absolute atomic E-state index is 12.8. The number of nitrogen functional groups attached to an aromatic ring is 1. The fourth-order valence-electron chi connectivity index (χ4n) is 2.41. The van der Waals surface area contributed by atoms with Crippen molar-refractivity contribution in [2.45, 2.75) is 4.90 Å². The average molecular weight is 407 g/mol.